The molecule has 0 unspecified atom stereocenters. The predicted molar refractivity (Wildman–Crippen MR) is 142 cm³/mol. The molecule has 36 heavy (non-hydrogen) atoms. The Morgan fingerprint density at radius 1 is 1.06 bits per heavy atom. The summed E-state index contributed by atoms with van der Waals surface area (Å²) in [6, 6.07) is 20.8. The molecule has 0 aliphatic heterocycles. The van der Waals surface area contributed by atoms with Crippen molar-refractivity contribution in [2.75, 3.05) is 0 Å². The molecule has 7 nitrogen and oxygen atoms in total. The standard InChI is InChI=1S/C28H23ClN6O/c1-18-24(19(2)35(34-18)17-21-7-3-5-9-25(21)29)16-31-33-28(36)23-15-27(20-11-13-30-14-12-20)32-26-10-6-4-8-22(23)26/h3-16H,17H2,1-2H3,(H,33,36)/b31-16+. The molecule has 5 aromatic rings. The van der Waals surface area contributed by atoms with E-state index in [0.717, 1.165) is 39.0 Å². The van der Waals surface area contributed by atoms with Crippen LogP contribution in [0.3, 0.4) is 0 Å². The zero-order valence-electron chi connectivity index (χ0n) is 19.8. The lowest BCUT2D eigenvalue weighted by Crippen LogP contribution is -2.18. The summed E-state index contributed by atoms with van der Waals surface area (Å²) in [5.74, 6) is -0.320. The summed E-state index contributed by atoms with van der Waals surface area (Å²) in [4.78, 5) is 22.0. The largest absolute Gasteiger partial charge is 0.272 e. The van der Waals surface area contributed by atoms with Gasteiger partial charge in [0.05, 0.1) is 35.2 Å². The number of rotatable bonds is 6. The number of aryl methyl sites for hydroxylation is 1. The molecule has 0 fully saturated rings. The Bertz CT molecular complexity index is 1590. The number of nitrogens with one attached hydrogen (secondary N) is 1. The second kappa shape index (κ2) is 10.1. The first-order valence-electron chi connectivity index (χ1n) is 11.4. The van der Waals surface area contributed by atoms with Gasteiger partial charge in [-0.3, -0.25) is 14.5 Å². The van der Waals surface area contributed by atoms with E-state index in [1.54, 1.807) is 24.7 Å². The molecule has 178 valence electrons. The number of carbonyl (C=O) groups excluding carboxylic acids is 1. The predicted octanol–water partition coefficient (Wildman–Crippen LogP) is 5.58. The second-order valence-corrected chi connectivity index (χ2v) is 8.75. The molecule has 0 saturated carbocycles. The normalized spacial score (nSPS) is 11.3. The fourth-order valence-corrected chi connectivity index (χ4v) is 4.28. The average molecular weight is 495 g/mol. The molecule has 3 heterocycles. The lowest BCUT2D eigenvalue weighted by atomic mass is 10.0. The molecule has 2 aromatic carbocycles. The van der Waals surface area contributed by atoms with Crippen molar-refractivity contribution in [3.8, 4) is 11.3 Å². The van der Waals surface area contributed by atoms with E-state index >= 15 is 0 Å². The van der Waals surface area contributed by atoms with Crippen LogP contribution in [0.2, 0.25) is 5.02 Å². The van der Waals surface area contributed by atoms with E-state index in [1.165, 1.54) is 0 Å². The van der Waals surface area contributed by atoms with Crippen molar-refractivity contribution in [2.45, 2.75) is 20.4 Å². The van der Waals surface area contributed by atoms with Gasteiger partial charge in [0.2, 0.25) is 0 Å². The van der Waals surface area contributed by atoms with Crippen molar-refractivity contribution in [3.63, 3.8) is 0 Å². The minimum atomic E-state index is -0.320. The number of amides is 1. The minimum absolute atomic E-state index is 0.320. The smallest absolute Gasteiger partial charge is 0.267 e. The topological polar surface area (TPSA) is 85.1 Å². The van der Waals surface area contributed by atoms with Gasteiger partial charge in [-0.25, -0.2) is 10.4 Å². The lowest BCUT2D eigenvalue weighted by molar-refractivity contribution is 0.0956. The van der Waals surface area contributed by atoms with Crippen molar-refractivity contribution < 1.29 is 4.79 Å². The van der Waals surface area contributed by atoms with Crippen LogP contribution in [0.1, 0.15) is 32.9 Å². The molecule has 8 heteroatoms. The Morgan fingerprint density at radius 2 is 1.81 bits per heavy atom. The molecule has 0 spiro atoms. The number of hydrazone groups is 1. The number of para-hydroxylation sites is 1. The first kappa shape index (κ1) is 23.4. The van der Waals surface area contributed by atoms with Crippen molar-refractivity contribution in [1.29, 1.82) is 0 Å². The highest BCUT2D eigenvalue weighted by Crippen LogP contribution is 2.24. The highest BCUT2D eigenvalue weighted by atomic mass is 35.5. The number of halogens is 1. The molecule has 0 aliphatic carbocycles. The van der Waals surface area contributed by atoms with Gasteiger partial charge in [-0.1, -0.05) is 48.0 Å². The van der Waals surface area contributed by atoms with Gasteiger partial charge in [0.15, 0.2) is 0 Å². The highest BCUT2D eigenvalue weighted by Gasteiger charge is 2.15. The molecule has 5 rings (SSSR count). The van der Waals surface area contributed by atoms with Gasteiger partial charge in [0.25, 0.3) is 5.91 Å². The molecule has 1 amide bonds. The number of pyridine rings is 2. The summed E-state index contributed by atoms with van der Waals surface area (Å²) in [6.45, 7) is 4.43. The molecule has 1 N–H and O–H groups in total. The number of hydrogen-bond acceptors (Lipinski definition) is 5. The molecule has 0 saturated heterocycles. The van der Waals surface area contributed by atoms with Gasteiger partial charge in [-0.2, -0.15) is 10.2 Å². The summed E-state index contributed by atoms with van der Waals surface area (Å²) in [5.41, 5.74) is 9.04. The van der Waals surface area contributed by atoms with E-state index in [0.29, 0.717) is 22.8 Å². The third-order valence-electron chi connectivity index (χ3n) is 6.01. The summed E-state index contributed by atoms with van der Waals surface area (Å²) < 4.78 is 1.89. The minimum Gasteiger partial charge on any atom is -0.267 e. The van der Waals surface area contributed by atoms with Crippen LogP contribution in [0.15, 0.2) is 84.2 Å². The van der Waals surface area contributed by atoms with E-state index in [4.69, 9.17) is 16.6 Å². The van der Waals surface area contributed by atoms with Crippen LogP contribution in [0.25, 0.3) is 22.2 Å². The Balaban J connectivity index is 1.40. The van der Waals surface area contributed by atoms with E-state index < -0.39 is 0 Å². The molecule has 0 atom stereocenters. The monoisotopic (exact) mass is 494 g/mol. The summed E-state index contributed by atoms with van der Waals surface area (Å²) in [7, 11) is 0. The van der Waals surface area contributed by atoms with Gasteiger partial charge in [0.1, 0.15) is 0 Å². The Kier molecular flexibility index (Phi) is 6.56. The van der Waals surface area contributed by atoms with Crippen molar-refractivity contribution in [2.24, 2.45) is 5.10 Å². The van der Waals surface area contributed by atoms with Crippen LogP contribution in [-0.2, 0) is 6.54 Å². The Labute approximate surface area is 213 Å². The number of fused-ring (bicyclic) bond motifs is 1. The Morgan fingerprint density at radius 3 is 2.61 bits per heavy atom. The first-order chi connectivity index (χ1) is 17.5. The zero-order chi connectivity index (χ0) is 25.1. The van der Waals surface area contributed by atoms with Crippen LogP contribution in [0, 0.1) is 13.8 Å². The fraction of sp³-hybridized carbons (Fsp3) is 0.107. The summed E-state index contributed by atoms with van der Waals surface area (Å²) in [5, 5.41) is 10.3. The van der Waals surface area contributed by atoms with Crippen LogP contribution in [0.4, 0.5) is 0 Å². The van der Waals surface area contributed by atoms with Gasteiger partial charge < -0.3 is 0 Å². The zero-order valence-corrected chi connectivity index (χ0v) is 20.6. The maximum absolute atomic E-state index is 13.2. The number of nitrogens with zero attached hydrogens (tertiary/aromatic N) is 5. The third kappa shape index (κ3) is 4.74. The molecule has 0 bridgehead atoms. The number of aromatic nitrogens is 4. The van der Waals surface area contributed by atoms with E-state index in [-0.39, 0.29) is 5.91 Å². The molecule has 0 radical (unpaired) electrons. The van der Waals surface area contributed by atoms with E-state index in [2.05, 4.69) is 20.6 Å². The van der Waals surface area contributed by atoms with Gasteiger partial charge in [-0.15, -0.1) is 0 Å². The summed E-state index contributed by atoms with van der Waals surface area (Å²) in [6.07, 6.45) is 5.03. The van der Waals surface area contributed by atoms with Crippen LogP contribution in [0.5, 0.6) is 0 Å². The van der Waals surface area contributed by atoms with E-state index in [1.807, 2.05) is 79.2 Å². The Hall–Kier alpha value is -4.36. The average Bonchev–Trinajstić information content (AvgIpc) is 3.17. The molecular weight excluding hydrogens is 472 g/mol. The van der Waals surface area contributed by atoms with Crippen LogP contribution >= 0.6 is 11.6 Å². The van der Waals surface area contributed by atoms with Crippen molar-refractivity contribution in [3.05, 3.63) is 112 Å². The van der Waals surface area contributed by atoms with Crippen molar-refractivity contribution >= 4 is 34.6 Å². The van der Waals surface area contributed by atoms with Crippen molar-refractivity contribution in [1.82, 2.24) is 25.2 Å². The highest BCUT2D eigenvalue weighted by molar-refractivity contribution is 6.31. The van der Waals surface area contributed by atoms with Crippen LogP contribution in [-0.4, -0.2) is 31.9 Å². The lowest BCUT2D eigenvalue weighted by Gasteiger charge is -2.09. The van der Waals surface area contributed by atoms with Gasteiger partial charge >= 0.3 is 0 Å². The van der Waals surface area contributed by atoms with Gasteiger partial charge in [0, 0.05) is 39.6 Å². The first-order valence-corrected chi connectivity index (χ1v) is 11.8. The fourth-order valence-electron chi connectivity index (χ4n) is 4.09. The number of carbonyl (C=O) groups is 1. The maximum Gasteiger partial charge on any atom is 0.272 e. The third-order valence-corrected chi connectivity index (χ3v) is 6.38. The molecule has 3 aromatic heterocycles. The molecular formula is C28H23ClN6O. The summed E-state index contributed by atoms with van der Waals surface area (Å²) >= 11 is 6.32. The SMILES string of the molecule is Cc1nn(Cc2ccccc2Cl)c(C)c1/C=N/NC(=O)c1cc(-c2ccncc2)nc2ccccc12. The second-order valence-electron chi connectivity index (χ2n) is 8.34. The van der Waals surface area contributed by atoms with Crippen LogP contribution < -0.4 is 5.43 Å². The van der Waals surface area contributed by atoms with Gasteiger partial charge in [-0.05, 0) is 49.7 Å². The van der Waals surface area contributed by atoms with E-state index in [9.17, 15) is 4.79 Å². The number of benzene rings is 2. The molecule has 0 aliphatic rings. The number of hydrogen-bond donors (Lipinski definition) is 1. The maximum atomic E-state index is 13.2. The quantitative estimate of drug-likeness (QED) is 0.247.